The number of carbonyl (C=O) groups excluding carboxylic acids is 1. The van der Waals surface area contributed by atoms with Crippen LogP contribution in [0.25, 0.3) is 11.4 Å². The molecule has 1 N–H and O–H groups in total. The average Bonchev–Trinajstić information content (AvgIpc) is 3.23. The minimum atomic E-state index is -0.313. The molecule has 0 aliphatic rings. The van der Waals surface area contributed by atoms with Crippen LogP contribution < -0.4 is 5.32 Å². The van der Waals surface area contributed by atoms with Gasteiger partial charge in [-0.25, -0.2) is 4.39 Å². The second kappa shape index (κ2) is 10.6. The topological polar surface area (TPSA) is 83.6 Å². The molecule has 0 atom stereocenters. The summed E-state index contributed by atoms with van der Waals surface area (Å²) in [5, 5.41) is 21.3. The highest BCUT2D eigenvalue weighted by Crippen LogP contribution is 2.26. The van der Waals surface area contributed by atoms with Crippen molar-refractivity contribution in [1.82, 2.24) is 14.8 Å². The van der Waals surface area contributed by atoms with Crippen LogP contribution in [0.2, 0.25) is 0 Å². The summed E-state index contributed by atoms with van der Waals surface area (Å²) in [6, 6.07) is 25.0. The van der Waals surface area contributed by atoms with Crippen molar-refractivity contribution in [3.63, 3.8) is 0 Å². The molecule has 1 amide bonds. The van der Waals surface area contributed by atoms with E-state index in [0.29, 0.717) is 34.5 Å². The first-order valence-corrected chi connectivity index (χ1v) is 11.3. The van der Waals surface area contributed by atoms with Gasteiger partial charge in [0.25, 0.3) is 0 Å². The average molecular weight is 458 g/mol. The fourth-order valence-electron chi connectivity index (χ4n) is 3.25. The molecule has 4 rings (SSSR count). The monoisotopic (exact) mass is 457 g/mol. The lowest BCUT2D eigenvalue weighted by molar-refractivity contribution is -0.115. The van der Waals surface area contributed by atoms with E-state index in [9.17, 15) is 14.4 Å². The number of halogens is 1. The first kappa shape index (κ1) is 22.2. The van der Waals surface area contributed by atoms with Crippen molar-refractivity contribution in [2.45, 2.75) is 18.1 Å². The summed E-state index contributed by atoms with van der Waals surface area (Å²) < 4.78 is 15.4. The van der Waals surface area contributed by atoms with Gasteiger partial charge in [0.15, 0.2) is 11.0 Å². The van der Waals surface area contributed by atoms with E-state index in [2.05, 4.69) is 21.6 Å². The number of thioether (sulfide) groups is 1. The fourth-order valence-corrected chi connectivity index (χ4v) is 4.13. The summed E-state index contributed by atoms with van der Waals surface area (Å²) in [6.07, 6.45) is 0.245. The van der Waals surface area contributed by atoms with Crippen LogP contribution in [0.15, 0.2) is 84.0 Å². The molecule has 0 fully saturated rings. The van der Waals surface area contributed by atoms with Gasteiger partial charge in [-0.05, 0) is 42.0 Å². The summed E-state index contributed by atoms with van der Waals surface area (Å²) in [7, 11) is 0. The van der Waals surface area contributed by atoms with Crippen LogP contribution in [0.3, 0.4) is 0 Å². The predicted octanol–water partition coefficient (Wildman–Crippen LogP) is 5.13. The van der Waals surface area contributed by atoms with Crippen molar-refractivity contribution >= 4 is 23.4 Å². The Balaban J connectivity index is 1.48. The molecule has 0 aliphatic carbocycles. The predicted molar refractivity (Wildman–Crippen MR) is 126 cm³/mol. The number of anilines is 1. The molecule has 4 aromatic rings. The Kier molecular flexibility index (Phi) is 7.12. The lowest BCUT2D eigenvalue weighted by atomic mass is 10.2. The van der Waals surface area contributed by atoms with Gasteiger partial charge in [-0.3, -0.25) is 9.36 Å². The van der Waals surface area contributed by atoms with Gasteiger partial charge in [0, 0.05) is 17.7 Å². The number of para-hydroxylation sites is 1. The second-order valence-electron chi connectivity index (χ2n) is 7.19. The van der Waals surface area contributed by atoms with Gasteiger partial charge in [0.05, 0.1) is 17.8 Å². The summed E-state index contributed by atoms with van der Waals surface area (Å²) in [4.78, 5) is 12.4. The number of amides is 1. The van der Waals surface area contributed by atoms with E-state index in [-0.39, 0.29) is 18.1 Å². The number of aromatic nitrogens is 3. The Labute approximate surface area is 195 Å². The largest absolute Gasteiger partial charge is 0.325 e. The number of nitrogens with zero attached hydrogens (tertiary/aromatic N) is 4. The highest BCUT2D eigenvalue weighted by molar-refractivity contribution is 7.99. The Morgan fingerprint density at radius 1 is 1.00 bits per heavy atom. The van der Waals surface area contributed by atoms with E-state index in [1.54, 1.807) is 36.4 Å². The van der Waals surface area contributed by atoms with Gasteiger partial charge < -0.3 is 5.32 Å². The van der Waals surface area contributed by atoms with Crippen molar-refractivity contribution in [3.8, 4) is 17.5 Å². The van der Waals surface area contributed by atoms with Crippen LogP contribution in [0.5, 0.6) is 0 Å². The third-order valence-electron chi connectivity index (χ3n) is 4.88. The first-order valence-electron chi connectivity index (χ1n) is 10.3. The van der Waals surface area contributed by atoms with E-state index < -0.39 is 0 Å². The number of hydrogen-bond acceptors (Lipinski definition) is 5. The number of hydrogen-bond donors (Lipinski definition) is 1. The number of rotatable bonds is 8. The molecule has 1 aromatic heterocycles. The summed E-state index contributed by atoms with van der Waals surface area (Å²) in [5.41, 5.74) is 2.76. The fraction of sp³-hybridized carbons (Fsp3) is 0.120. The lowest BCUT2D eigenvalue weighted by Crippen LogP contribution is -2.13. The molecule has 0 saturated carbocycles. The van der Waals surface area contributed by atoms with Crippen LogP contribution in [0.4, 0.5) is 10.1 Å². The van der Waals surface area contributed by atoms with Crippen molar-refractivity contribution in [3.05, 3.63) is 95.8 Å². The number of nitriles is 1. The summed E-state index contributed by atoms with van der Waals surface area (Å²) in [6.45, 7) is 0.546. The number of benzene rings is 3. The van der Waals surface area contributed by atoms with Crippen LogP contribution in [0.1, 0.15) is 17.5 Å². The van der Waals surface area contributed by atoms with E-state index in [1.165, 1.54) is 23.9 Å². The molecule has 0 radical (unpaired) electrons. The molecule has 6 nitrogen and oxygen atoms in total. The molecule has 1 heterocycles. The quantitative estimate of drug-likeness (QED) is 0.371. The van der Waals surface area contributed by atoms with E-state index in [0.717, 1.165) is 11.1 Å². The Morgan fingerprint density at radius 2 is 1.73 bits per heavy atom. The molecule has 33 heavy (non-hydrogen) atoms. The lowest BCUT2D eigenvalue weighted by Gasteiger charge is -2.11. The van der Waals surface area contributed by atoms with Gasteiger partial charge in [-0.15, -0.1) is 10.2 Å². The molecule has 0 aliphatic heterocycles. The minimum absolute atomic E-state index is 0.182. The van der Waals surface area contributed by atoms with Crippen LogP contribution in [0, 0.1) is 17.1 Å². The molecule has 3 aromatic carbocycles. The Hall–Kier alpha value is -3.96. The molecule has 0 saturated heterocycles. The van der Waals surface area contributed by atoms with Gasteiger partial charge in [0.1, 0.15) is 11.9 Å². The zero-order chi connectivity index (χ0) is 23.0. The number of carbonyl (C=O) groups is 1. The molecular formula is C25H20FN5OS. The van der Waals surface area contributed by atoms with Crippen LogP contribution in [-0.2, 0) is 11.3 Å². The minimum Gasteiger partial charge on any atom is -0.325 e. The number of nitrogens with one attached hydrogen (secondary N) is 1. The molecule has 8 heteroatoms. The molecule has 164 valence electrons. The summed E-state index contributed by atoms with van der Waals surface area (Å²) >= 11 is 1.42. The molecule has 0 bridgehead atoms. The van der Waals surface area contributed by atoms with Crippen molar-refractivity contribution < 1.29 is 9.18 Å². The summed E-state index contributed by atoms with van der Waals surface area (Å²) in [5.74, 6) is 0.620. The molecule has 0 unspecified atom stereocenters. The highest BCUT2D eigenvalue weighted by Gasteiger charge is 2.16. The van der Waals surface area contributed by atoms with Gasteiger partial charge in [-0.2, -0.15) is 5.26 Å². The van der Waals surface area contributed by atoms with Crippen LogP contribution >= 0.6 is 11.8 Å². The highest BCUT2D eigenvalue weighted by atomic mass is 32.2. The Morgan fingerprint density at radius 3 is 2.48 bits per heavy atom. The molecule has 0 spiro atoms. The Bertz CT molecular complexity index is 1280. The molecular weight excluding hydrogens is 437 g/mol. The first-order chi connectivity index (χ1) is 16.1. The van der Waals surface area contributed by atoms with E-state index in [4.69, 9.17) is 0 Å². The maximum absolute atomic E-state index is 13.4. The standard InChI is InChI=1S/C25H20FN5OS/c26-21-12-10-19(11-13-21)24-29-30-25(31(24)17-18-6-2-1-3-7-18)33-15-14-23(32)28-22-9-5-4-8-20(22)16-27/h1-13H,14-15,17H2,(H,28,32). The van der Waals surface area contributed by atoms with Gasteiger partial charge in [0.2, 0.25) is 5.91 Å². The van der Waals surface area contributed by atoms with Gasteiger partial charge in [-0.1, -0.05) is 54.2 Å². The zero-order valence-electron chi connectivity index (χ0n) is 17.6. The SMILES string of the molecule is N#Cc1ccccc1NC(=O)CCSc1nnc(-c2ccc(F)cc2)n1Cc1ccccc1. The van der Waals surface area contributed by atoms with E-state index >= 15 is 0 Å². The third-order valence-corrected chi connectivity index (χ3v) is 5.85. The maximum atomic E-state index is 13.4. The van der Waals surface area contributed by atoms with Crippen molar-refractivity contribution in [1.29, 1.82) is 5.26 Å². The van der Waals surface area contributed by atoms with Crippen LogP contribution in [-0.4, -0.2) is 26.4 Å². The maximum Gasteiger partial charge on any atom is 0.225 e. The third kappa shape index (κ3) is 5.64. The smallest absolute Gasteiger partial charge is 0.225 e. The zero-order valence-corrected chi connectivity index (χ0v) is 18.4. The second-order valence-corrected chi connectivity index (χ2v) is 8.25. The van der Waals surface area contributed by atoms with E-state index in [1.807, 2.05) is 34.9 Å². The van der Waals surface area contributed by atoms with Crippen molar-refractivity contribution in [2.75, 3.05) is 11.1 Å². The van der Waals surface area contributed by atoms with Crippen molar-refractivity contribution in [2.24, 2.45) is 0 Å². The normalized spacial score (nSPS) is 10.5. The van der Waals surface area contributed by atoms with Gasteiger partial charge >= 0.3 is 0 Å².